The van der Waals surface area contributed by atoms with Gasteiger partial charge in [-0.3, -0.25) is 0 Å². The maximum absolute atomic E-state index is 12.3. The summed E-state index contributed by atoms with van der Waals surface area (Å²) in [6.45, 7) is 2.02. The summed E-state index contributed by atoms with van der Waals surface area (Å²) in [5, 5.41) is 14.9. The molecule has 1 amide bonds. The van der Waals surface area contributed by atoms with Gasteiger partial charge in [0, 0.05) is 37.2 Å². The number of amides is 1. The van der Waals surface area contributed by atoms with Crippen molar-refractivity contribution in [2.24, 2.45) is 0 Å². The highest BCUT2D eigenvalue weighted by molar-refractivity contribution is 7.87. The number of hydrogen-bond acceptors (Lipinski definition) is 11. The first kappa shape index (κ1) is 25.8. The molecule has 12 nitrogen and oxygen atoms in total. The van der Waals surface area contributed by atoms with Crippen molar-refractivity contribution in [1.29, 1.82) is 0 Å². The number of carbonyl (C=O) groups is 1. The first-order valence-electron chi connectivity index (χ1n) is 10.9. The van der Waals surface area contributed by atoms with Crippen LogP contribution < -0.4 is 14.8 Å². The summed E-state index contributed by atoms with van der Waals surface area (Å²) < 4.78 is 37.1. The van der Waals surface area contributed by atoms with Crippen LogP contribution >= 0.6 is 11.3 Å². The van der Waals surface area contributed by atoms with Crippen LogP contribution in [0.4, 0.5) is 16.4 Å². The molecule has 0 aliphatic carbocycles. The molecule has 0 radical (unpaired) electrons. The molecule has 0 saturated carbocycles. The van der Waals surface area contributed by atoms with Crippen LogP contribution in [-0.4, -0.2) is 66.2 Å². The number of nitrogens with one attached hydrogen (secondary N) is 2. The van der Waals surface area contributed by atoms with Gasteiger partial charge in [-0.05, 0) is 43.0 Å². The van der Waals surface area contributed by atoms with Gasteiger partial charge in [-0.25, -0.2) is 19.5 Å². The Kier molecular flexibility index (Phi) is 7.40. The van der Waals surface area contributed by atoms with Gasteiger partial charge in [0.1, 0.15) is 10.6 Å². The SMILES string of the molecule is COC(=O)NS(=O)(=O)N1CCC(O)(c2ncc(-c3cc(C)cc(Nc4nccc(OC)n4)c3)s2)CC1. The lowest BCUT2D eigenvalue weighted by molar-refractivity contribution is -0.00992. The number of anilines is 2. The molecular formula is C22H26N6O6S2. The van der Waals surface area contributed by atoms with Crippen molar-refractivity contribution in [2.75, 3.05) is 32.6 Å². The molecule has 1 aliphatic rings. The van der Waals surface area contributed by atoms with E-state index in [0.29, 0.717) is 16.8 Å². The van der Waals surface area contributed by atoms with Crippen LogP contribution in [-0.2, 0) is 20.5 Å². The molecule has 14 heteroatoms. The molecule has 3 heterocycles. The smallest absolute Gasteiger partial charge is 0.421 e. The fourth-order valence-electron chi connectivity index (χ4n) is 3.79. The number of carbonyl (C=O) groups excluding carboxylic acids is 1. The van der Waals surface area contributed by atoms with Crippen molar-refractivity contribution in [1.82, 2.24) is 24.0 Å². The molecule has 0 unspecified atom stereocenters. The minimum atomic E-state index is -4.05. The fourth-order valence-corrected chi connectivity index (χ4v) is 5.92. The summed E-state index contributed by atoms with van der Waals surface area (Å²) in [5.74, 6) is 0.842. The summed E-state index contributed by atoms with van der Waals surface area (Å²) in [6.07, 6.45) is 2.50. The molecule has 3 aromatic rings. The number of ether oxygens (including phenoxy) is 2. The molecule has 1 saturated heterocycles. The Hall–Kier alpha value is -3.33. The molecule has 1 aromatic carbocycles. The molecule has 0 bridgehead atoms. The van der Waals surface area contributed by atoms with Crippen LogP contribution in [0.2, 0.25) is 0 Å². The van der Waals surface area contributed by atoms with E-state index in [1.165, 1.54) is 18.4 Å². The lowest BCUT2D eigenvalue weighted by atomic mass is 9.93. The van der Waals surface area contributed by atoms with Gasteiger partial charge in [-0.2, -0.15) is 17.7 Å². The minimum Gasteiger partial charge on any atom is -0.481 e. The number of rotatable bonds is 7. The van der Waals surface area contributed by atoms with E-state index in [-0.39, 0.29) is 25.9 Å². The molecule has 3 N–H and O–H groups in total. The topological polar surface area (TPSA) is 156 Å². The average Bonchev–Trinajstić information content (AvgIpc) is 3.35. The van der Waals surface area contributed by atoms with Crippen molar-refractivity contribution in [2.45, 2.75) is 25.4 Å². The van der Waals surface area contributed by atoms with Gasteiger partial charge in [-0.15, -0.1) is 11.3 Å². The number of piperidine rings is 1. The normalized spacial score (nSPS) is 15.8. The third kappa shape index (κ3) is 5.73. The zero-order valence-electron chi connectivity index (χ0n) is 19.9. The molecule has 1 fully saturated rings. The van der Waals surface area contributed by atoms with Crippen molar-refractivity contribution >= 4 is 39.3 Å². The first-order chi connectivity index (χ1) is 17.1. The van der Waals surface area contributed by atoms with E-state index in [0.717, 1.165) is 33.1 Å². The molecule has 4 rings (SSSR count). The zero-order chi connectivity index (χ0) is 25.9. The van der Waals surface area contributed by atoms with E-state index >= 15 is 0 Å². The van der Waals surface area contributed by atoms with Crippen molar-refractivity contribution in [3.8, 4) is 16.3 Å². The third-order valence-electron chi connectivity index (χ3n) is 5.65. The second-order valence-electron chi connectivity index (χ2n) is 8.19. The summed E-state index contributed by atoms with van der Waals surface area (Å²) >= 11 is 1.35. The van der Waals surface area contributed by atoms with Crippen LogP contribution in [0, 0.1) is 6.92 Å². The summed E-state index contributed by atoms with van der Waals surface area (Å²) in [6, 6.07) is 7.56. The standard InChI is InChI=1S/C22H26N6O6S2/c1-14-10-15(12-16(11-14)25-20-23-7-4-18(26-20)33-2)17-13-24-19(35-17)22(30)5-8-28(9-6-22)36(31,32)27-21(29)34-3/h4,7,10-13,30H,5-6,8-9H2,1-3H3,(H,27,29)(H,23,25,26). The van der Waals surface area contributed by atoms with Gasteiger partial charge in [0.15, 0.2) is 0 Å². The Balaban J connectivity index is 1.49. The van der Waals surface area contributed by atoms with Gasteiger partial charge < -0.3 is 19.9 Å². The van der Waals surface area contributed by atoms with Gasteiger partial charge in [0.2, 0.25) is 11.8 Å². The molecule has 0 atom stereocenters. The van der Waals surface area contributed by atoms with Crippen LogP contribution in [0.3, 0.4) is 0 Å². The number of benzene rings is 1. The number of aliphatic hydroxyl groups is 1. The summed E-state index contributed by atoms with van der Waals surface area (Å²) in [5.41, 5.74) is 1.40. The maximum Gasteiger partial charge on any atom is 0.421 e. The predicted molar refractivity (Wildman–Crippen MR) is 133 cm³/mol. The number of thiazole rings is 1. The molecule has 1 aliphatic heterocycles. The Morgan fingerprint density at radius 3 is 2.64 bits per heavy atom. The Morgan fingerprint density at radius 2 is 1.94 bits per heavy atom. The van der Waals surface area contributed by atoms with Crippen molar-refractivity contribution in [3.63, 3.8) is 0 Å². The largest absolute Gasteiger partial charge is 0.481 e. The number of aromatic nitrogens is 3. The quantitative estimate of drug-likeness (QED) is 0.412. The van der Waals surface area contributed by atoms with Crippen molar-refractivity contribution in [3.05, 3.63) is 47.2 Å². The van der Waals surface area contributed by atoms with Crippen LogP contribution in [0.25, 0.3) is 10.4 Å². The zero-order valence-corrected chi connectivity index (χ0v) is 21.5. The molecule has 192 valence electrons. The number of aryl methyl sites for hydroxylation is 1. The molecule has 0 spiro atoms. The average molecular weight is 535 g/mol. The summed E-state index contributed by atoms with van der Waals surface area (Å²) in [7, 11) is -1.43. The monoisotopic (exact) mass is 534 g/mol. The van der Waals surface area contributed by atoms with E-state index in [2.05, 4.69) is 25.0 Å². The lowest BCUT2D eigenvalue weighted by Crippen LogP contribution is -2.50. The highest BCUT2D eigenvalue weighted by Gasteiger charge is 2.40. The van der Waals surface area contributed by atoms with Crippen molar-refractivity contribution < 1.29 is 27.8 Å². The highest BCUT2D eigenvalue weighted by atomic mass is 32.2. The minimum absolute atomic E-state index is 0.0246. The first-order valence-corrected chi connectivity index (χ1v) is 13.2. The Bertz CT molecular complexity index is 1350. The molecule has 36 heavy (non-hydrogen) atoms. The molecule has 2 aromatic heterocycles. The second kappa shape index (κ2) is 10.3. The predicted octanol–water partition coefficient (Wildman–Crippen LogP) is 2.54. The Labute approximate surface area is 212 Å². The van der Waals surface area contributed by atoms with E-state index in [1.54, 1.807) is 18.5 Å². The molecular weight excluding hydrogens is 508 g/mol. The fraction of sp³-hybridized carbons (Fsp3) is 0.364. The number of methoxy groups -OCH3 is 2. The maximum atomic E-state index is 12.3. The van der Waals surface area contributed by atoms with E-state index < -0.39 is 21.9 Å². The third-order valence-corrected chi connectivity index (χ3v) is 8.36. The second-order valence-corrected chi connectivity index (χ2v) is 10.9. The van der Waals surface area contributed by atoms with E-state index in [1.807, 2.05) is 29.8 Å². The van der Waals surface area contributed by atoms with Gasteiger partial charge in [0.05, 0.1) is 19.1 Å². The van der Waals surface area contributed by atoms with E-state index in [4.69, 9.17) is 4.74 Å². The van der Waals surface area contributed by atoms with Crippen LogP contribution in [0.15, 0.2) is 36.7 Å². The van der Waals surface area contributed by atoms with Gasteiger partial charge in [-0.1, -0.05) is 6.07 Å². The number of hydrogen-bond donors (Lipinski definition) is 3. The van der Waals surface area contributed by atoms with E-state index in [9.17, 15) is 18.3 Å². The highest BCUT2D eigenvalue weighted by Crippen LogP contribution is 2.39. The van der Waals surface area contributed by atoms with Crippen LogP contribution in [0.1, 0.15) is 23.4 Å². The lowest BCUT2D eigenvalue weighted by Gasteiger charge is -2.35. The Morgan fingerprint density at radius 1 is 1.19 bits per heavy atom. The number of nitrogens with zero attached hydrogens (tertiary/aromatic N) is 4. The van der Waals surface area contributed by atoms with Gasteiger partial charge >= 0.3 is 16.3 Å². The van der Waals surface area contributed by atoms with Crippen LogP contribution in [0.5, 0.6) is 5.88 Å². The van der Waals surface area contributed by atoms with Gasteiger partial charge in [0.25, 0.3) is 0 Å². The summed E-state index contributed by atoms with van der Waals surface area (Å²) in [4.78, 5) is 25.1.